The van der Waals surface area contributed by atoms with Gasteiger partial charge in [0.1, 0.15) is 24.0 Å². The van der Waals surface area contributed by atoms with E-state index in [9.17, 15) is 34.2 Å². The Bertz CT molecular complexity index is 1780. The van der Waals surface area contributed by atoms with Gasteiger partial charge in [0, 0.05) is 65.1 Å². The Morgan fingerprint density at radius 1 is 0.829 bits per heavy atom. The Hall–Kier alpha value is -3.15. The molecule has 70 heavy (non-hydrogen) atoms. The molecule has 15 nitrogen and oxygen atoms in total. The van der Waals surface area contributed by atoms with Crippen LogP contribution in [0.4, 0.5) is 0 Å². The number of methoxy groups -OCH3 is 3. The van der Waals surface area contributed by atoms with E-state index >= 15 is 0 Å². The van der Waals surface area contributed by atoms with Crippen molar-refractivity contribution in [3.05, 3.63) is 36.0 Å². The number of cyclic esters (lactones) is 1. The number of ketones is 3. The Kier molecular flexibility index (Phi) is 24.5. The first kappa shape index (κ1) is 59.4. The molecule has 3 aliphatic heterocycles. The predicted octanol–water partition coefficient (Wildman–Crippen LogP) is 7.32. The molecule has 0 aromatic heterocycles. The molecule has 4 rings (SSSR count). The lowest BCUT2D eigenvalue weighted by molar-refractivity contribution is -0.265. The van der Waals surface area contributed by atoms with Gasteiger partial charge in [-0.15, -0.1) is 0 Å². The normalized spacial score (nSPS) is 38.8. The van der Waals surface area contributed by atoms with Crippen LogP contribution in [0.5, 0.6) is 0 Å². The van der Waals surface area contributed by atoms with E-state index < -0.39 is 83.7 Å². The summed E-state index contributed by atoms with van der Waals surface area (Å²) in [6.45, 7) is 16.6. The number of hydrogen-bond donors (Lipinski definition) is 2. The molecule has 16 atom stereocenters. The first-order valence-corrected chi connectivity index (χ1v) is 26.3. The SMILES string of the molecule is CCOCCO[C@@H]1CC[C@@H](C[C@@H](C)[C@@H]2CC(=O)[C@H](C)CC(C)[C@@H](O)[C@@H](OC)C(=O)[C@H](C)C[C@H](C)/C=C/C=C/C=C(\C)[C@@H](OC)CC3CC[C@@H](C)[C@@](O)(O3)C(=O)C(=O)N3CCCCC3C(=O)O2)C[C@H]1OC. The standard InChI is InChI=1S/C55H89NO14/c1-12-67-26-27-68-45-24-22-41(31-48(45)65-10)30-37(5)47-33-44(57)36(4)29-39(7)50(59)51(66-11)49(58)38(6)28-34(2)18-14-13-15-19-35(3)46(64-9)32-42-23-21-40(8)55(63,70-42)52(60)53(61)56-25-17-16-20-43(56)54(62)69-47/h13-15,18-19,34,36-43,45-48,50-51,59,63H,12,16-17,20-33H2,1-11H3/b15-13+,18-14+,35-19+/t34-,36-,37-,38-,39?,40-,41+,42?,43?,45-,46+,47+,48-,50-,51+,55-/m1/s1. The van der Waals surface area contributed by atoms with Gasteiger partial charge in [-0.05, 0) is 114 Å². The molecule has 2 bridgehead atoms. The van der Waals surface area contributed by atoms with E-state index in [1.165, 1.54) is 12.0 Å². The number of ether oxygens (including phenoxy) is 7. The quantitative estimate of drug-likeness (QED) is 0.119. The second-order valence-corrected chi connectivity index (χ2v) is 21.1. The van der Waals surface area contributed by atoms with Crippen LogP contribution in [0.25, 0.3) is 0 Å². The van der Waals surface area contributed by atoms with E-state index in [0.29, 0.717) is 71.2 Å². The molecule has 3 unspecified atom stereocenters. The van der Waals surface area contributed by atoms with Crippen LogP contribution in [-0.4, -0.2) is 147 Å². The van der Waals surface area contributed by atoms with E-state index in [4.69, 9.17) is 33.2 Å². The van der Waals surface area contributed by atoms with E-state index in [-0.39, 0.29) is 67.3 Å². The van der Waals surface area contributed by atoms with Crippen LogP contribution in [-0.2, 0) is 57.1 Å². The smallest absolute Gasteiger partial charge is 0.329 e. The lowest BCUT2D eigenvalue weighted by atomic mass is 9.78. The summed E-state index contributed by atoms with van der Waals surface area (Å²) in [5.41, 5.74) is 0.888. The second-order valence-electron chi connectivity index (χ2n) is 21.1. The van der Waals surface area contributed by atoms with Gasteiger partial charge >= 0.3 is 5.97 Å². The largest absolute Gasteiger partial charge is 0.460 e. The van der Waals surface area contributed by atoms with Gasteiger partial charge in [0.15, 0.2) is 5.78 Å². The number of esters is 1. The molecule has 3 heterocycles. The highest BCUT2D eigenvalue weighted by molar-refractivity contribution is 6.39. The predicted molar refractivity (Wildman–Crippen MR) is 265 cm³/mol. The number of nitrogens with zero attached hydrogens (tertiary/aromatic N) is 1. The van der Waals surface area contributed by atoms with Gasteiger partial charge in [-0.3, -0.25) is 19.2 Å². The summed E-state index contributed by atoms with van der Waals surface area (Å²) in [6, 6.07) is -1.12. The number of piperidine rings is 1. The summed E-state index contributed by atoms with van der Waals surface area (Å²) in [7, 11) is 4.68. The van der Waals surface area contributed by atoms with Crippen LogP contribution >= 0.6 is 0 Å². The molecule has 0 spiro atoms. The van der Waals surface area contributed by atoms with Crippen molar-refractivity contribution in [2.75, 3.05) is 47.7 Å². The molecular weight excluding hydrogens is 899 g/mol. The van der Waals surface area contributed by atoms with Gasteiger partial charge in [0.05, 0.1) is 43.7 Å². The molecule has 15 heteroatoms. The van der Waals surface area contributed by atoms with Crippen molar-refractivity contribution in [2.24, 2.45) is 41.4 Å². The topological polar surface area (TPSA) is 194 Å². The van der Waals surface area contributed by atoms with Crippen molar-refractivity contribution in [1.82, 2.24) is 4.90 Å². The molecule has 398 valence electrons. The number of aliphatic hydroxyl groups excluding tert-OH is 1. The van der Waals surface area contributed by atoms with Crippen LogP contribution in [0, 0.1) is 41.4 Å². The minimum atomic E-state index is -2.42. The first-order chi connectivity index (χ1) is 33.3. The molecule has 0 aromatic rings. The van der Waals surface area contributed by atoms with Gasteiger partial charge in [0.25, 0.3) is 11.7 Å². The summed E-state index contributed by atoms with van der Waals surface area (Å²) in [6.07, 6.45) is 11.5. The lowest BCUT2D eigenvalue weighted by Crippen LogP contribution is -2.61. The van der Waals surface area contributed by atoms with Crippen molar-refractivity contribution in [2.45, 2.75) is 193 Å². The van der Waals surface area contributed by atoms with Gasteiger partial charge in [-0.25, -0.2) is 4.79 Å². The van der Waals surface area contributed by atoms with E-state index in [0.717, 1.165) is 18.4 Å². The monoisotopic (exact) mass is 988 g/mol. The average molecular weight is 988 g/mol. The van der Waals surface area contributed by atoms with Gasteiger partial charge in [-0.2, -0.15) is 0 Å². The maximum Gasteiger partial charge on any atom is 0.329 e. The molecular formula is C55H89NO14. The average Bonchev–Trinajstić information content (AvgIpc) is 3.34. The second kappa shape index (κ2) is 28.9. The zero-order valence-electron chi connectivity index (χ0n) is 44.3. The first-order valence-electron chi connectivity index (χ1n) is 26.3. The fourth-order valence-electron chi connectivity index (χ4n) is 11.0. The van der Waals surface area contributed by atoms with Gasteiger partial charge in [0.2, 0.25) is 5.79 Å². The van der Waals surface area contributed by atoms with E-state index in [1.807, 2.05) is 65.0 Å². The molecule has 1 amide bonds. The third-order valence-corrected chi connectivity index (χ3v) is 15.6. The van der Waals surface area contributed by atoms with Crippen molar-refractivity contribution in [1.29, 1.82) is 0 Å². The number of fused-ring (bicyclic) bond motifs is 3. The number of carbonyl (C=O) groups is 5. The summed E-state index contributed by atoms with van der Waals surface area (Å²) in [5.74, 6) is -7.94. The van der Waals surface area contributed by atoms with Crippen molar-refractivity contribution < 1.29 is 67.3 Å². The third-order valence-electron chi connectivity index (χ3n) is 15.6. The van der Waals surface area contributed by atoms with E-state index in [2.05, 4.69) is 0 Å². The maximum absolute atomic E-state index is 14.5. The molecule has 3 fully saturated rings. The Morgan fingerprint density at radius 3 is 2.26 bits per heavy atom. The summed E-state index contributed by atoms with van der Waals surface area (Å²) in [5, 5.41) is 23.6. The zero-order chi connectivity index (χ0) is 51.7. The van der Waals surface area contributed by atoms with Crippen LogP contribution < -0.4 is 0 Å². The Morgan fingerprint density at radius 2 is 1.57 bits per heavy atom. The number of rotatable bonds is 11. The fraction of sp³-hybridized carbons (Fsp3) is 0.800. The molecule has 2 N–H and O–H groups in total. The highest BCUT2D eigenvalue weighted by Crippen LogP contribution is 2.38. The number of Topliss-reactive ketones (excluding diaryl/α,β-unsaturated/α-hetero) is 3. The summed E-state index contributed by atoms with van der Waals surface area (Å²) < 4.78 is 41.6. The Balaban J connectivity index is 1.66. The number of carbonyl (C=O) groups excluding carboxylic acids is 5. The van der Waals surface area contributed by atoms with Crippen molar-refractivity contribution >= 4 is 29.2 Å². The van der Waals surface area contributed by atoms with Crippen molar-refractivity contribution in [3.8, 4) is 0 Å². The molecule has 0 radical (unpaired) electrons. The zero-order valence-corrected chi connectivity index (χ0v) is 44.3. The molecule has 4 aliphatic rings. The number of amides is 1. The minimum absolute atomic E-state index is 0.0341. The maximum atomic E-state index is 14.5. The van der Waals surface area contributed by atoms with Crippen LogP contribution in [0.15, 0.2) is 36.0 Å². The Labute approximate surface area is 418 Å². The third kappa shape index (κ3) is 16.4. The van der Waals surface area contributed by atoms with Gasteiger partial charge < -0.3 is 48.3 Å². The number of hydrogen-bond acceptors (Lipinski definition) is 14. The van der Waals surface area contributed by atoms with Gasteiger partial charge in [-0.1, -0.05) is 71.9 Å². The summed E-state index contributed by atoms with van der Waals surface area (Å²) in [4.78, 5) is 72.5. The lowest BCUT2D eigenvalue weighted by Gasteiger charge is -2.42. The van der Waals surface area contributed by atoms with Crippen molar-refractivity contribution in [3.63, 3.8) is 0 Å². The van der Waals surface area contributed by atoms with Crippen LogP contribution in [0.2, 0.25) is 0 Å². The molecule has 2 saturated heterocycles. The minimum Gasteiger partial charge on any atom is -0.460 e. The number of allylic oxidation sites excluding steroid dienone is 5. The fourth-order valence-corrected chi connectivity index (χ4v) is 11.0. The highest BCUT2D eigenvalue weighted by atomic mass is 16.6. The van der Waals surface area contributed by atoms with Crippen LogP contribution in [0.1, 0.15) is 139 Å². The van der Waals surface area contributed by atoms with E-state index in [1.54, 1.807) is 35.0 Å². The highest BCUT2D eigenvalue weighted by Gasteiger charge is 2.53. The molecule has 1 aliphatic carbocycles. The number of aliphatic hydroxyl groups is 2. The molecule has 1 saturated carbocycles. The summed E-state index contributed by atoms with van der Waals surface area (Å²) >= 11 is 0. The molecule has 0 aromatic carbocycles. The van der Waals surface area contributed by atoms with Crippen LogP contribution in [0.3, 0.4) is 0 Å².